The van der Waals surface area contributed by atoms with E-state index in [1.165, 1.54) is 24.0 Å². The molecule has 0 N–H and O–H groups in total. The molecule has 0 bridgehead atoms. The minimum Gasteiger partial charge on any atom is -0.454 e. The zero-order chi connectivity index (χ0) is 19.6. The molecule has 2 fully saturated rings. The van der Waals surface area contributed by atoms with Crippen LogP contribution in [0.15, 0.2) is 48.5 Å². The monoisotopic (exact) mass is 392 g/mol. The Labute approximate surface area is 172 Å². The predicted octanol–water partition coefficient (Wildman–Crippen LogP) is 3.64. The van der Waals surface area contributed by atoms with Crippen LogP contribution in [-0.2, 0) is 11.3 Å². The molecule has 2 aromatic carbocycles. The minimum atomic E-state index is 0.310. The van der Waals surface area contributed by atoms with Crippen molar-refractivity contribution in [2.75, 3.05) is 33.0 Å². The van der Waals surface area contributed by atoms with Gasteiger partial charge in [-0.05, 0) is 47.9 Å². The summed E-state index contributed by atoms with van der Waals surface area (Å²) in [5, 5.41) is 0. The third-order valence-electron chi connectivity index (χ3n) is 6.38. The second-order valence-corrected chi connectivity index (χ2v) is 8.40. The number of carbonyl (C=O) groups excluding carboxylic acids is 1. The van der Waals surface area contributed by atoms with E-state index < -0.39 is 0 Å². The van der Waals surface area contributed by atoms with Crippen molar-refractivity contribution in [3.63, 3.8) is 0 Å². The number of ether oxygens (including phenoxy) is 2. The maximum Gasteiger partial charge on any atom is 0.231 e. The number of fused-ring (bicyclic) bond motifs is 1. The van der Waals surface area contributed by atoms with Crippen molar-refractivity contribution in [3.8, 4) is 11.5 Å². The molecule has 1 unspecified atom stereocenters. The quantitative estimate of drug-likeness (QED) is 0.753. The van der Waals surface area contributed by atoms with Gasteiger partial charge in [-0.3, -0.25) is 9.69 Å². The molecule has 2 aromatic rings. The van der Waals surface area contributed by atoms with Crippen LogP contribution < -0.4 is 9.47 Å². The van der Waals surface area contributed by atoms with Crippen LogP contribution in [0.4, 0.5) is 0 Å². The van der Waals surface area contributed by atoms with E-state index in [2.05, 4.69) is 52.3 Å². The van der Waals surface area contributed by atoms with Gasteiger partial charge in [-0.15, -0.1) is 0 Å². The Morgan fingerprint density at radius 3 is 2.48 bits per heavy atom. The number of hydrogen-bond acceptors (Lipinski definition) is 4. The molecular formula is C24H28N2O3. The van der Waals surface area contributed by atoms with Gasteiger partial charge >= 0.3 is 0 Å². The highest BCUT2D eigenvalue weighted by atomic mass is 16.7. The molecule has 29 heavy (non-hydrogen) atoms. The summed E-state index contributed by atoms with van der Waals surface area (Å²) < 4.78 is 10.9. The van der Waals surface area contributed by atoms with Crippen LogP contribution >= 0.6 is 0 Å². The Kier molecular flexibility index (Phi) is 5.15. The van der Waals surface area contributed by atoms with Crippen molar-refractivity contribution < 1.29 is 14.3 Å². The largest absolute Gasteiger partial charge is 0.454 e. The van der Waals surface area contributed by atoms with Crippen molar-refractivity contribution in [1.82, 2.24) is 9.80 Å². The van der Waals surface area contributed by atoms with Gasteiger partial charge in [0.15, 0.2) is 11.5 Å². The van der Waals surface area contributed by atoms with Gasteiger partial charge in [0, 0.05) is 39.1 Å². The van der Waals surface area contributed by atoms with Crippen molar-refractivity contribution in [2.45, 2.75) is 31.7 Å². The van der Waals surface area contributed by atoms with Gasteiger partial charge in [0.25, 0.3) is 0 Å². The molecule has 2 heterocycles. The molecule has 5 rings (SSSR count). The van der Waals surface area contributed by atoms with Gasteiger partial charge in [-0.2, -0.15) is 0 Å². The summed E-state index contributed by atoms with van der Waals surface area (Å²) in [5.41, 5.74) is 2.55. The fourth-order valence-corrected chi connectivity index (χ4v) is 4.53. The molecule has 0 radical (unpaired) electrons. The molecule has 5 heteroatoms. The van der Waals surface area contributed by atoms with Crippen molar-refractivity contribution >= 4 is 5.91 Å². The van der Waals surface area contributed by atoms with E-state index in [1.807, 2.05) is 6.07 Å². The lowest BCUT2D eigenvalue weighted by molar-refractivity contribution is -0.133. The zero-order valence-electron chi connectivity index (χ0n) is 16.8. The van der Waals surface area contributed by atoms with E-state index in [0.717, 1.165) is 44.2 Å². The first kappa shape index (κ1) is 18.5. The van der Waals surface area contributed by atoms with Crippen LogP contribution in [0.5, 0.6) is 11.5 Å². The van der Waals surface area contributed by atoms with E-state index in [-0.39, 0.29) is 0 Å². The average Bonchev–Trinajstić information content (AvgIpc) is 3.50. The van der Waals surface area contributed by atoms with Gasteiger partial charge in [-0.1, -0.05) is 36.4 Å². The summed E-state index contributed by atoms with van der Waals surface area (Å²) in [5.74, 6) is 3.05. The number of carbonyl (C=O) groups is 1. The van der Waals surface area contributed by atoms with E-state index in [9.17, 15) is 4.79 Å². The Balaban J connectivity index is 1.15. The maximum absolute atomic E-state index is 13.0. The van der Waals surface area contributed by atoms with Gasteiger partial charge < -0.3 is 14.4 Å². The molecule has 1 amide bonds. The smallest absolute Gasteiger partial charge is 0.231 e. The summed E-state index contributed by atoms with van der Waals surface area (Å²) >= 11 is 0. The number of nitrogens with zero attached hydrogens (tertiary/aromatic N) is 2. The first-order chi connectivity index (χ1) is 14.3. The second kappa shape index (κ2) is 8.07. The van der Waals surface area contributed by atoms with Gasteiger partial charge in [0.1, 0.15) is 0 Å². The molecule has 2 aliphatic heterocycles. The summed E-state index contributed by atoms with van der Waals surface area (Å²) in [7, 11) is 0. The highest BCUT2D eigenvalue weighted by Gasteiger charge is 2.35. The summed E-state index contributed by atoms with van der Waals surface area (Å²) in [4.78, 5) is 17.5. The van der Waals surface area contributed by atoms with Crippen molar-refractivity contribution in [1.29, 1.82) is 0 Å². The van der Waals surface area contributed by atoms with Crippen LogP contribution in [0, 0.1) is 5.92 Å². The second-order valence-electron chi connectivity index (χ2n) is 8.40. The highest BCUT2D eigenvalue weighted by Crippen LogP contribution is 2.44. The summed E-state index contributed by atoms with van der Waals surface area (Å²) in [6, 6.07) is 16.7. The van der Waals surface area contributed by atoms with E-state index in [4.69, 9.17) is 9.47 Å². The Bertz CT molecular complexity index is 858. The number of hydrogen-bond donors (Lipinski definition) is 0. The van der Waals surface area contributed by atoms with Gasteiger partial charge in [0.05, 0.1) is 0 Å². The molecule has 1 atom stereocenters. The number of amides is 1. The van der Waals surface area contributed by atoms with Gasteiger partial charge in [-0.25, -0.2) is 0 Å². The lowest BCUT2D eigenvalue weighted by atomic mass is 9.90. The third-order valence-corrected chi connectivity index (χ3v) is 6.38. The molecular weight excluding hydrogens is 364 g/mol. The van der Waals surface area contributed by atoms with Crippen molar-refractivity contribution in [2.24, 2.45) is 5.92 Å². The lowest BCUT2D eigenvalue weighted by Crippen LogP contribution is -2.48. The molecule has 3 aliphatic rings. The Hall–Kier alpha value is -2.53. The van der Waals surface area contributed by atoms with Crippen molar-refractivity contribution in [3.05, 3.63) is 59.7 Å². The van der Waals surface area contributed by atoms with E-state index in [0.29, 0.717) is 31.0 Å². The van der Waals surface area contributed by atoms with Crippen LogP contribution in [-0.4, -0.2) is 48.7 Å². The normalized spacial score (nSPS) is 19.9. The third kappa shape index (κ3) is 4.25. The van der Waals surface area contributed by atoms with Crippen LogP contribution in [0.1, 0.15) is 36.3 Å². The Morgan fingerprint density at radius 2 is 1.72 bits per heavy atom. The number of benzene rings is 2. The van der Waals surface area contributed by atoms with E-state index in [1.54, 1.807) is 0 Å². The van der Waals surface area contributed by atoms with E-state index >= 15 is 0 Å². The minimum absolute atomic E-state index is 0.310. The van der Waals surface area contributed by atoms with Crippen LogP contribution in [0.3, 0.4) is 0 Å². The highest BCUT2D eigenvalue weighted by molar-refractivity contribution is 5.77. The standard InChI is InChI=1S/C24H28N2O3/c27-24(15-21(20-7-8-20)19-4-2-1-3-5-19)26-12-10-25(11-13-26)16-18-6-9-22-23(14-18)29-17-28-22/h1-6,9,14,20-21H,7-8,10-13,15-17H2. The SMILES string of the molecule is O=C(CC(c1ccccc1)C1CC1)N1CCN(Cc2ccc3c(c2)OCO3)CC1. The van der Waals surface area contributed by atoms with Gasteiger partial charge in [0.2, 0.25) is 12.7 Å². The maximum atomic E-state index is 13.0. The van der Waals surface area contributed by atoms with Crippen LogP contribution in [0.2, 0.25) is 0 Å². The molecule has 1 aliphatic carbocycles. The van der Waals surface area contributed by atoms with Crippen LogP contribution in [0.25, 0.3) is 0 Å². The summed E-state index contributed by atoms with van der Waals surface area (Å²) in [6.45, 7) is 4.65. The molecule has 1 saturated carbocycles. The number of rotatable bonds is 6. The first-order valence-electron chi connectivity index (χ1n) is 10.7. The summed E-state index contributed by atoms with van der Waals surface area (Å²) in [6.07, 6.45) is 3.17. The zero-order valence-corrected chi connectivity index (χ0v) is 16.8. The molecule has 0 spiro atoms. The Morgan fingerprint density at radius 1 is 0.966 bits per heavy atom. The fraction of sp³-hybridized carbons (Fsp3) is 0.458. The lowest BCUT2D eigenvalue weighted by Gasteiger charge is -2.35. The average molecular weight is 392 g/mol. The molecule has 5 nitrogen and oxygen atoms in total. The molecule has 1 saturated heterocycles. The number of piperazine rings is 1. The topological polar surface area (TPSA) is 42.0 Å². The molecule has 0 aromatic heterocycles. The predicted molar refractivity (Wildman–Crippen MR) is 111 cm³/mol. The first-order valence-corrected chi connectivity index (χ1v) is 10.7. The fourth-order valence-electron chi connectivity index (χ4n) is 4.53. The molecule has 152 valence electrons.